The van der Waals surface area contributed by atoms with Crippen molar-refractivity contribution in [2.45, 2.75) is 33.6 Å². The number of piperazine rings is 1. The van der Waals surface area contributed by atoms with Gasteiger partial charge in [0.05, 0.1) is 12.2 Å². The van der Waals surface area contributed by atoms with Gasteiger partial charge in [0.25, 0.3) is 0 Å². The van der Waals surface area contributed by atoms with Crippen LogP contribution in [0.4, 0.5) is 11.5 Å². The normalized spacial score (nSPS) is 13.8. The van der Waals surface area contributed by atoms with Crippen LogP contribution in [0.3, 0.4) is 0 Å². The summed E-state index contributed by atoms with van der Waals surface area (Å²) < 4.78 is 5.01. The lowest BCUT2D eigenvalue weighted by molar-refractivity contribution is 0.0526. The molecular weight excluding hydrogens is 398 g/mol. The van der Waals surface area contributed by atoms with Gasteiger partial charge in [0.15, 0.2) is 5.11 Å². The number of aromatic nitrogens is 2. The number of anilines is 2. The van der Waals surface area contributed by atoms with Gasteiger partial charge in [-0.05, 0) is 56.8 Å². The Hall–Kier alpha value is -2.74. The summed E-state index contributed by atoms with van der Waals surface area (Å²) in [5.41, 5.74) is 2.49. The van der Waals surface area contributed by atoms with Gasteiger partial charge >= 0.3 is 5.97 Å². The highest BCUT2D eigenvalue weighted by molar-refractivity contribution is 7.80. The molecule has 0 aliphatic carbocycles. The van der Waals surface area contributed by atoms with E-state index in [1.165, 1.54) is 0 Å². The summed E-state index contributed by atoms with van der Waals surface area (Å²) in [5.74, 6) is 1.51. The number of thiocarbonyl (C=S) groups is 1. The van der Waals surface area contributed by atoms with Crippen molar-refractivity contribution in [1.82, 2.24) is 14.9 Å². The molecule has 2 aromatic rings. The van der Waals surface area contributed by atoms with Crippen molar-refractivity contribution in [3.8, 4) is 0 Å². The molecule has 1 aliphatic rings. The van der Waals surface area contributed by atoms with Gasteiger partial charge in [-0.25, -0.2) is 14.8 Å². The van der Waals surface area contributed by atoms with Gasteiger partial charge in [-0.15, -0.1) is 0 Å². The number of aryl methyl sites for hydroxylation is 2. The van der Waals surface area contributed by atoms with Crippen LogP contribution in [-0.4, -0.2) is 58.7 Å². The average molecular weight is 428 g/mol. The van der Waals surface area contributed by atoms with Crippen LogP contribution in [-0.2, 0) is 11.2 Å². The van der Waals surface area contributed by atoms with E-state index in [1.807, 2.05) is 19.1 Å². The highest BCUT2D eigenvalue weighted by atomic mass is 32.1. The third kappa shape index (κ3) is 5.66. The largest absolute Gasteiger partial charge is 0.462 e. The molecule has 7 nitrogen and oxygen atoms in total. The molecule has 1 aliphatic heterocycles. The summed E-state index contributed by atoms with van der Waals surface area (Å²) in [5, 5.41) is 3.94. The molecule has 160 valence electrons. The van der Waals surface area contributed by atoms with Crippen LogP contribution in [0.25, 0.3) is 0 Å². The van der Waals surface area contributed by atoms with E-state index in [2.05, 4.69) is 38.1 Å². The van der Waals surface area contributed by atoms with Crippen molar-refractivity contribution >= 4 is 34.8 Å². The third-order valence-corrected chi connectivity index (χ3v) is 5.28. The average Bonchev–Trinajstić information content (AvgIpc) is 2.74. The summed E-state index contributed by atoms with van der Waals surface area (Å²) >= 11 is 5.59. The zero-order valence-electron chi connectivity index (χ0n) is 17.9. The van der Waals surface area contributed by atoms with Crippen molar-refractivity contribution < 1.29 is 9.53 Å². The van der Waals surface area contributed by atoms with Crippen LogP contribution in [0, 0.1) is 6.92 Å². The van der Waals surface area contributed by atoms with Gasteiger partial charge in [-0.1, -0.05) is 13.3 Å². The van der Waals surface area contributed by atoms with Crippen molar-refractivity contribution in [3.05, 3.63) is 47.4 Å². The zero-order valence-corrected chi connectivity index (χ0v) is 18.7. The van der Waals surface area contributed by atoms with Crippen LogP contribution >= 0.6 is 12.2 Å². The molecule has 3 rings (SSSR count). The summed E-state index contributed by atoms with van der Waals surface area (Å²) in [6, 6.07) is 9.27. The molecule has 0 amide bonds. The Morgan fingerprint density at radius 1 is 1.13 bits per heavy atom. The lowest BCUT2D eigenvalue weighted by Gasteiger charge is -2.37. The molecule has 1 fully saturated rings. The van der Waals surface area contributed by atoms with Gasteiger partial charge in [0, 0.05) is 43.6 Å². The van der Waals surface area contributed by atoms with E-state index in [1.54, 1.807) is 19.1 Å². The Morgan fingerprint density at radius 2 is 1.83 bits per heavy atom. The van der Waals surface area contributed by atoms with E-state index < -0.39 is 0 Å². The van der Waals surface area contributed by atoms with Crippen molar-refractivity contribution in [2.24, 2.45) is 0 Å². The molecule has 0 saturated carbocycles. The van der Waals surface area contributed by atoms with Crippen LogP contribution in [0.5, 0.6) is 0 Å². The standard InChI is InChI=1S/C22H29N5O2S/c1-4-6-19-15-20(24-16(3)23-19)26-11-13-27(14-12-26)22(30)25-18-9-7-17(8-10-18)21(28)29-5-2/h7-10,15H,4-6,11-14H2,1-3H3,(H,25,30). The van der Waals surface area contributed by atoms with Gasteiger partial charge in [-0.3, -0.25) is 0 Å². The Balaban J connectivity index is 1.55. The second-order valence-electron chi connectivity index (χ2n) is 7.22. The maximum Gasteiger partial charge on any atom is 0.338 e. The first-order valence-corrected chi connectivity index (χ1v) is 10.8. The highest BCUT2D eigenvalue weighted by Crippen LogP contribution is 2.17. The molecule has 1 aromatic heterocycles. The van der Waals surface area contributed by atoms with Crippen LogP contribution in [0.15, 0.2) is 30.3 Å². The number of esters is 1. The molecule has 1 aromatic carbocycles. The summed E-state index contributed by atoms with van der Waals surface area (Å²) in [6.45, 7) is 9.61. The van der Waals surface area contributed by atoms with Crippen LogP contribution in [0.1, 0.15) is 42.1 Å². The van der Waals surface area contributed by atoms with Crippen LogP contribution < -0.4 is 10.2 Å². The molecule has 0 radical (unpaired) electrons. The first kappa shape index (κ1) is 22.0. The van der Waals surface area contributed by atoms with Crippen molar-refractivity contribution in [1.29, 1.82) is 0 Å². The first-order valence-electron chi connectivity index (χ1n) is 10.4. The number of rotatable bonds is 6. The quantitative estimate of drug-likeness (QED) is 0.555. The fourth-order valence-corrected chi connectivity index (χ4v) is 3.70. The Labute approximate surface area is 183 Å². The molecule has 0 atom stereocenters. The molecule has 0 unspecified atom stereocenters. The van der Waals surface area contributed by atoms with E-state index in [-0.39, 0.29) is 5.97 Å². The number of nitrogens with zero attached hydrogens (tertiary/aromatic N) is 4. The van der Waals surface area contributed by atoms with E-state index >= 15 is 0 Å². The zero-order chi connectivity index (χ0) is 21.5. The Kier molecular flexibility index (Phi) is 7.57. The number of carbonyl (C=O) groups excluding carboxylic acids is 1. The molecule has 0 spiro atoms. The van der Waals surface area contributed by atoms with Crippen molar-refractivity contribution in [3.63, 3.8) is 0 Å². The number of carbonyl (C=O) groups is 1. The predicted molar refractivity (Wildman–Crippen MR) is 123 cm³/mol. The van der Waals surface area contributed by atoms with Gasteiger partial charge < -0.3 is 19.9 Å². The van der Waals surface area contributed by atoms with Crippen LogP contribution in [0.2, 0.25) is 0 Å². The second kappa shape index (κ2) is 10.3. The topological polar surface area (TPSA) is 70.6 Å². The molecular formula is C22H29N5O2S. The molecule has 0 bridgehead atoms. The minimum Gasteiger partial charge on any atom is -0.462 e. The minimum absolute atomic E-state index is 0.315. The predicted octanol–water partition coefficient (Wildman–Crippen LogP) is 3.43. The van der Waals surface area contributed by atoms with E-state index in [0.717, 1.165) is 62.0 Å². The number of nitrogens with one attached hydrogen (secondary N) is 1. The number of hydrogen-bond donors (Lipinski definition) is 1. The van der Waals surface area contributed by atoms with Gasteiger partial charge in [0.2, 0.25) is 0 Å². The van der Waals surface area contributed by atoms with E-state index in [4.69, 9.17) is 17.0 Å². The first-order chi connectivity index (χ1) is 14.5. The maximum atomic E-state index is 11.8. The lowest BCUT2D eigenvalue weighted by Crippen LogP contribution is -2.50. The van der Waals surface area contributed by atoms with E-state index in [9.17, 15) is 4.79 Å². The fourth-order valence-electron chi connectivity index (χ4n) is 3.40. The monoisotopic (exact) mass is 427 g/mol. The van der Waals surface area contributed by atoms with Gasteiger partial charge in [0.1, 0.15) is 11.6 Å². The summed E-state index contributed by atoms with van der Waals surface area (Å²) in [4.78, 5) is 25.4. The van der Waals surface area contributed by atoms with Gasteiger partial charge in [-0.2, -0.15) is 0 Å². The fraction of sp³-hybridized carbons (Fsp3) is 0.455. The molecule has 2 heterocycles. The Morgan fingerprint density at radius 3 is 2.47 bits per heavy atom. The molecule has 1 saturated heterocycles. The maximum absolute atomic E-state index is 11.8. The Bertz CT molecular complexity index is 880. The summed E-state index contributed by atoms with van der Waals surface area (Å²) in [6.07, 6.45) is 2.05. The number of hydrogen-bond acceptors (Lipinski definition) is 6. The molecule has 30 heavy (non-hydrogen) atoms. The summed E-state index contributed by atoms with van der Waals surface area (Å²) in [7, 11) is 0. The third-order valence-electron chi connectivity index (χ3n) is 4.92. The minimum atomic E-state index is -0.315. The SMILES string of the molecule is CCCc1cc(N2CCN(C(=S)Nc3ccc(C(=O)OCC)cc3)CC2)nc(C)n1. The highest BCUT2D eigenvalue weighted by Gasteiger charge is 2.21. The molecule has 1 N–H and O–H groups in total. The van der Waals surface area contributed by atoms with E-state index in [0.29, 0.717) is 17.3 Å². The lowest BCUT2D eigenvalue weighted by atomic mass is 10.2. The number of ether oxygens (including phenoxy) is 1. The van der Waals surface area contributed by atoms with Crippen molar-refractivity contribution in [2.75, 3.05) is 43.0 Å². The molecule has 8 heteroatoms. The second-order valence-corrected chi connectivity index (χ2v) is 7.60. The number of benzene rings is 1. The smallest absolute Gasteiger partial charge is 0.338 e.